The van der Waals surface area contributed by atoms with Crippen molar-refractivity contribution >= 4 is 11.7 Å². The van der Waals surface area contributed by atoms with Gasteiger partial charge in [-0.25, -0.2) is 9.97 Å². The summed E-state index contributed by atoms with van der Waals surface area (Å²) in [6.45, 7) is 4.81. The number of methoxy groups -OCH3 is 2. The van der Waals surface area contributed by atoms with Crippen LogP contribution in [0.2, 0.25) is 0 Å². The van der Waals surface area contributed by atoms with Gasteiger partial charge in [-0.15, -0.1) is 0 Å². The third-order valence-electron chi connectivity index (χ3n) is 6.44. The van der Waals surface area contributed by atoms with Crippen LogP contribution in [-0.2, 0) is 4.79 Å². The third kappa shape index (κ3) is 5.90. The van der Waals surface area contributed by atoms with Crippen LogP contribution in [0.3, 0.4) is 0 Å². The van der Waals surface area contributed by atoms with Crippen molar-refractivity contribution in [2.45, 2.75) is 58.0 Å². The van der Waals surface area contributed by atoms with E-state index in [-0.39, 0.29) is 18.0 Å². The molecule has 2 unspecified atom stereocenters. The van der Waals surface area contributed by atoms with Gasteiger partial charge in [0, 0.05) is 43.2 Å². The number of benzene rings is 1. The summed E-state index contributed by atoms with van der Waals surface area (Å²) in [5, 5.41) is 3.16. The molecule has 0 bridgehead atoms. The van der Waals surface area contributed by atoms with Crippen LogP contribution < -0.4 is 19.7 Å². The summed E-state index contributed by atoms with van der Waals surface area (Å²) >= 11 is 0. The van der Waals surface area contributed by atoms with Crippen molar-refractivity contribution in [3.8, 4) is 17.4 Å². The maximum Gasteiger partial charge on any atom is 0.237 e. The first-order valence-corrected chi connectivity index (χ1v) is 12.1. The molecule has 4 rings (SSSR count). The molecule has 9 nitrogen and oxygen atoms in total. The highest BCUT2D eigenvalue weighted by Crippen LogP contribution is 2.30. The lowest BCUT2D eigenvalue weighted by Gasteiger charge is -2.31. The maximum absolute atomic E-state index is 13.1. The average molecular weight is 479 g/mol. The number of rotatable bonds is 8. The van der Waals surface area contributed by atoms with Crippen molar-refractivity contribution < 1.29 is 14.3 Å². The van der Waals surface area contributed by atoms with Gasteiger partial charge in [0.2, 0.25) is 11.9 Å². The van der Waals surface area contributed by atoms with Crippen LogP contribution in [0.1, 0.15) is 56.3 Å². The number of hydrogen-bond donors (Lipinski definition) is 1. The summed E-state index contributed by atoms with van der Waals surface area (Å²) in [5.74, 6) is 2.78. The molecule has 1 amide bonds. The molecular weight excluding hydrogens is 444 g/mol. The summed E-state index contributed by atoms with van der Waals surface area (Å²) in [7, 11) is 3.22. The Morgan fingerprint density at radius 1 is 1.14 bits per heavy atom. The second kappa shape index (κ2) is 11.2. The minimum atomic E-state index is -0.157. The predicted molar refractivity (Wildman–Crippen MR) is 134 cm³/mol. The van der Waals surface area contributed by atoms with E-state index in [1.54, 1.807) is 31.3 Å². The van der Waals surface area contributed by atoms with Gasteiger partial charge in [-0.3, -0.25) is 9.36 Å². The van der Waals surface area contributed by atoms with Crippen LogP contribution in [0, 0.1) is 6.92 Å². The standard InChI is InChI=1S/C26H34N6O3/c1-18-14-24(30-26(28-18)31-13-11-27-17-31)32-12-7-5-6-8-21(32)16-25(33)29-19(2)20-9-10-22(34-3)23(15-20)35-4/h9-11,13-15,17,19,21H,5-8,12,16H2,1-4H3,(H,29,33). The zero-order valence-corrected chi connectivity index (χ0v) is 20.9. The Labute approximate surface area is 206 Å². The maximum atomic E-state index is 13.1. The van der Waals surface area contributed by atoms with Crippen LogP contribution in [-0.4, -0.2) is 52.2 Å². The van der Waals surface area contributed by atoms with Crippen molar-refractivity contribution in [3.05, 3.63) is 54.2 Å². The minimum absolute atomic E-state index is 0.0183. The molecule has 1 aliphatic heterocycles. The SMILES string of the molecule is COc1ccc(C(C)NC(=O)CC2CCCCCN2c2cc(C)nc(-n3ccnc3)n2)cc1OC. The molecule has 1 saturated heterocycles. The van der Waals surface area contributed by atoms with E-state index in [9.17, 15) is 4.79 Å². The number of anilines is 1. The van der Waals surface area contributed by atoms with Crippen molar-refractivity contribution in [2.24, 2.45) is 0 Å². The van der Waals surface area contributed by atoms with Crippen molar-refractivity contribution in [3.63, 3.8) is 0 Å². The fraction of sp³-hybridized carbons (Fsp3) is 0.462. The Balaban J connectivity index is 1.49. The number of carbonyl (C=O) groups excluding carboxylic acids is 1. The smallest absolute Gasteiger partial charge is 0.237 e. The van der Waals surface area contributed by atoms with E-state index in [1.807, 2.05) is 44.3 Å². The van der Waals surface area contributed by atoms with Crippen molar-refractivity contribution in [1.82, 2.24) is 24.8 Å². The first kappa shape index (κ1) is 24.5. The molecule has 1 fully saturated rings. The minimum Gasteiger partial charge on any atom is -0.493 e. The molecule has 0 aliphatic carbocycles. The number of ether oxygens (including phenoxy) is 2. The highest BCUT2D eigenvalue weighted by atomic mass is 16.5. The quantitative estimate of drug-likeness (QED) is 0.523. The molecule has 3 heterocycles. The van der Waals surface area contributed by atoms with E-state index >= 15 is 0 Å². The normalized spacial score (nSPS) is 16.9. The topological polar surface area (TPSA) is 94.4 Å². The predicted octanol–water partition coefficient (Wildman–Crippen LogP) is 4.00. The molecular formula is C26H34N6O3. The van der Waals surface area contributed by atoms with Gasteiger partial charge in [0.15, 0.2) is 11.5 Å². The van der Waals surface area contributed by atoms with E-state index < -0.39 is 0 Å². The number of aryl methyl sites for hydroxylation is 1. The van der Waals surface area contributed by atoms with Crippen LogP contribution in [0.25, 0.3) is 5.95 Å². The van der Waals surface area contributed by atoms with E-state index in [1.165, 1.54) is 0 Å². The van der Waals surface area contributed by atoms with Gasteiger partial charge in [0.1, 0.15) is 12.1 Å². The molecule has 1 aromatic carbocycles. The van der Waals surface area contributed by atoms with Gasteiger partial charge < -0.3 is 19.7 Å². The molecule has 9 heteroatoms. The average Bonchev–Trinajstić information content (AvgIpc) is 3.30. The van der Waals surface area contributed by atoms with E-state index in [0.29, 0.717) is 23.9 Å². The van der Waals surface area contributed by atoms with Gasteiger partial charge in [-0.1, -0.05) is 18.9 Å². The van der Waals surface area contributed by atoms with Crippen LogP contribution in [0.5, 0.6) is 11.5 Å². The van der Waals surface area contributed by atoms with Gasteiger partial charge in [0.25, 0.3) is 0 Å². The molecule has 2 aromatic heterocycles. The number of amides is 1. The lowest BCUT2D eigenvalue weighted by molar-refractivity contribution is -0.122. The number of carbonyl (C=O) groups is 1. The number of imidazole rings is 1. The fourth-order valence-corrected chi connectivity index (χ4v) is 4.59. The van der Waals surface area contributed by atoms with Crippen LogP contribution >= 0.6 is 0 Å². The Morgan fingerprint density at radius 3 is 2.71 bits per heavy atom. The van der Waals surface area contributed by atoms with E-state index in [0.717, 1.165) is 49.3 Å². The van der Waals surface area contributed by atoms with Gasteiger partial charge in [-0.2, -0.15) is 4.98 Å². The summed E-state index contributed by atoms with van der Waals surface area (Å²) < 4.78 is 12.5. The Kier molecular flexibility index (Phi) is 7.84. The zero-order chi connectivity index (χ0) is 24.8. The second-order valence-corrected chi connectivity index (χ2v) is 8.94. The van der Waals surface area contributed by atoms with Gasteiger partial charge >= 0.3 is 0 Å². The molecule has 1 aliphatic rings. The fourth-order valence-electron chi connectivity index (χ4n) is 4.59. The van der Waals surface area contributed by atoms with Gasteiger partial charge in [-0.05, 0) is 44.4 Å². The highest BCUT2D eigenvalue weighted by molar-refractivity contribution is 5.77. The first-order chi connectivity index (χ1) is 17.0. The molecule has 2 atom stereocenters. The van der Waals surface area contributed by atoms with Crippen molar-refractivity contribution in [2.75, 3.05) is 25.7 Å². The van der Waals surface area contributed by atoms with E-state index in [2.05, 4.69) is 20.2 Å². The number of nitrogens with one attached hydrogen (secondary N) is 1. The summed E-state index contributed by atoms with van der Waals surface area (Å²) in [5.41, 5.74) is 1.85. The Hall–Kier alpha value is -3.62. The summed E-state index contributed by atoms with van der Waals surface area (Å²) in [6, 6.07) is 7.63. The zero-order valence-electron chi connectivity index (χ0n) is 20.9. The van der Waals surface area contributed by atoms with E-state index in [4.69, 9.17) is 14.5 Å². The first-order valence-electron chi connectivity index (χ1n) is 12.1. The second-order valence-electron chi connectivity index (χ2n) is 8.94. The molecule has 35 heavy (non-hydrogen) atoms. The lowest BCUT2D eigenvalue weighted by Crippen LogP contribution is -2.40. The highest BCUT2D eigenvalue weighted by Gasteiger charge is 2.26. The molecule has 0 spiro atoms. The summed E-state index contributed by atoms with van der Waals surface area (Å²) in [6.07, 6.45) is 9.91. The lowest BCUT2D eigenvalue weighted by atomic mass is 10.0. The monoisotopic (exact) mass is 478 g/mol. The molecule has 3 aromatic rings. The Bertz CT molecular complexity index is 1130. The number of hydrogen-bond acceptors (Lipinski definition) is 7. The van der Waals surface area contributed by atoms with Crippen LogP contribution in [0.4, 0.5) is 5.82 Å². The third-order valence-corrected chi connectivity index (χ3v) is 6.44. The molecule has 0 saturated carbocycles. The van der Waals surface area contributed by atoms with Crippen molar-refractivity contribution in [1.29, 1.82) is 0 Å². The number of aromatic nitrogens is 4. The molecule has 1 N–H and O–H groups in total. The number of nitrogens with zero attached hydrogens (tertiary/aromatic N) is 5. The largest absolute Gasteiger partial charge is 0.493 e. The molecule has 0 radical (unpaired) electrons. The van der Waals surface area contributed by atoms with Gasteiger partial charge in [0.05, 0.1) is 20.3 Å². The van der Waals surface area contributed by atoms with Crippen LogP contribution in [0.15, 0.2) is 43.0 Å². The molecule has 186 valence electrons. The summed E-state index contributed by atoms with van der Waals surface area (Å²) in [4.78, 5) is 28.9. The Morgan fingerprint density at radius 2 is 1.97 bits per heavy atom.